The van der Waals surface area contributed by atoms with E-state index in [0.29, 0.717) is 41.5 Å². The summed E-state index contributed by atoms with van der Waals surface area (Å²) in [5.74, 6) is 0.914. The van der Waals surface area contributed by atoms with Crippen LogP contribution in [0.15, 0.2) is 60.7 Å². The first-order valence-corrected chi connectivity index (χ1v) is 12.5. The van der Waals surface area contributed by atoms with Gasteiger partial charge in [0.1, 0.15) is 60.5 Å². The van der Waals surface area contributed by atoms with Crippen LogP contribution in [0.1, 0.15) is 28.4 Å². The average Bonchev–Trinajstić information content (AvgIpc) is 3.30. The highest BCUT2D eigenvalue weighted by Crippen LogP contribution is 2.35. The molecule has 0 saturated carbocycles. The van der Waals surface area contributed by atoms with Crippen LogP contribution in [0.25, 0.3) is 0 Å². The van der Waals surface area contributed by atoms with Crippen molar-refractivity contribution in [3.63, 3.8) is 0 Å². The van der Waals surface area contributed by atoms with Gasteiger partial charge in [0.2, 0.25) is 0 Å². The van der Waals surface area contributed by atoms with Crippen LogP contribution < -0.4 is 9.47 Å². The lowest BCUT2D eigenvalue weighted by Crippen LogP contribution is -2.55. The maximum Gasteiger partial charge on any atom is 0.137 e. The number of aliphatic hydroxyl groups is 4. The second-order valence-electron chi connectivity index (χ2n) is 9.43. The fourth-order valence-electron chi connectivity index (χ4n) is 4.76. The first kappa shape index (κ1) is 25.9. The largest absolute Gasteiger partial charge is 0.490 e. The van der Waals surface area contributed by atoms with Gasteiger partial charge in [0.25, 0.3) is 0 Å². The number of aliphatic hydroxyl groups excluding tert-OH is 4. The molecule has 7 nitrogen and oxygen atoms in total. The number of benzene rings is 3. The Balaban J connectivity index is 1.22. The van der Waals surface area contributed by atoms with Crippen molar-refractivity contribution in [3.05, 3.63) is 93.8 Å². The second kappa shape index (κ2) is 10.9. The smallest absolute Gasteiger partial charge is 0.137 e. The second-order valence-corrected chi connectivity index (χ2v) is 9.84. The van der Waals surface area contributed by atoms with E-state index in [1.165, 1.54) is 12.1 Å². The summed E-state index contributed by atoms with van der Waals surface area (Å²) in [5, 5.41) is 40.6. The molecule has 3 aromatic rings. The van der Waals surface area contributed by atoms with Crippen LogP contribution in [-0.2, 0) is 17.6 Å². The third-order valence-electron chi connectivity index (χ3n) is 6.81. The number of ether oxygens (including phenoxy) is 3. The van der Waals surface area contributed by atoms with Gasteiger partial charge < -0.3 is 34.6 Å². The topological polar surface area (TPSA) is 109 Å². The van der Waals surface area contributed by atoms with Gasteiger partial charge in [0, 0.05) is 17.5 Å². The Morgan fingerprint density at radius 3 is 2.49 bits per heavy atom. The molecule has 1 saturated heterocycles. The van der Waals surface area contributed by atoms with Gasteiger partial charge in [-0.1, -0.05) is 41.9 Å². The number of hydrogen-bond donors (Lipinski definition) is 4. The lowest BCUT2D eigenvalue weighted by atomic mass is 9.90. The fraction of sp³-hybridized carbons (Fsp3) is 0.357. The standard InChI is InChI=1S/C28H28ClFO7/c29-22-8-4-17(28-27(34)26(33)25(32)24(13-31)37-28)10-18(22)9-15-1-6-20(7-2-15)35-14-21-11-16-3-5-19(30)12-23(16)36-21/h1-8,10,12,21,24-28,31-34H,9,11,13-14H2/t21?,24-,25-,26+,27-,28+/m1/s1. The quantitative estimate of drug-likeness (QED) is 0.372. The molecule has 2 aliphatic heterocycles. The van der Waals surface area contributed by atoms with E-state index in [0.717, 1.165) is 16.7 Å². The highest BCUT2D eigenvalue weighted by molar-refractivity contribution is 6.31. The highest BCUT2D eigenvalue weighted by atomic mass is 35.5. The van der Waals surface area contributed by atoms with Gasteiger partial charge in [0.05, 0.1) is 6.61 Å². The minimum absolute atomic E-state index is 0.180. The van der Waals surface area contributed by atoms with E-state index in [1.54, 1.807) is 24.3 Å². The Morgan fingerprint density at radius 2 is 1.73 bits per heavy atom. The molecule has 2 aliphatic rings. The van der Waals surface area contributed by atoms with Gasteiger partial charge in [-0.05, 0) is 52.9 Å². The summed E-state index contributed by atoms with van der Waals surface area (Å²) in [6, 6.07) is 17.3. The molecule has 1 fully saturated rings. The maximum absolute atomic E-state index is 13.4. The molecule has 0 radical (unpaired) electrons. The van der Waals surface area contributed by atoms with Crippen LogP contribution in [-0.4, -0.2) is 64.2 Å². The van der Waals surface area contributed by atoms with Crippen molar-refractivity contribution in [3.8, 4) is 11.5 Å². The van der Waals surface area contributed by atoms with Gasteiger partial charge in [-0.2, -0.15) is 0 Å². The van der Waals surface area contributed by atoms with Crippen molar-refractivity contribution in [1.29, 1.82) is 0 Å². The summed E-state index contributed by atoms with van der Waals surface area (Å²) in [6.45, 7) is -0.155. The van der Waals surface area contributed by atoms with Crippen molar-refractivity contribution in [2.45, 2.75) is 49.5 Å². The molecule has 3 aromatic carbocycles. The van der Waals surface area contributed by atoms with E-state index < -0.39 is 37.1 Å². The summed E-state index contributed by atoms with van der Waals surface area (Å²) in [6.07, 6.45) is -5.16. The Bertz CT molecular complexity index is 1240. The van der Waals surface area contributed by atoms with Crippen molar-refractivity contribution >= 4 is 11.6 Å². The molecule has 4 N–H and O–H groups in total. The summed E-state index contributed by atoms with van der Waals surface area (Å²) in [5.41, 5.74) is 3.30. The number of hydrogen-bond acceptors (Lipinski definition) is 7. The van der Waals surface area contributed by atoms with Gasteiger partial charge in [-0.25, -0.2) is 4.39 Å². The summed E-state index contributed by atoms with van der Waals surface area (Å²) in [7, 11) is 0. The first-order valence-electron chi connectivity index (χ1n) is 12.1. The van der Waals surface area contributed by atoms with E-state index in [2.05, 4.69) is 0 Å². The molecule has 0 amide bonds. The predicted molar refractivity (Wildman–Crippen MR) is 133 cm³/mol. The molecule has 0 spiro atoms. The summed E-state index contributed by atoms with van der Waals surface area (Å²) in [4.78, 5) is 0. The van der Waals surface area contributed by atoms with Crippen LogP contribution in [0.2, 0.25) is 5.02 Å². The number of rotatable bonds is 7. The first-order chi connectivity index (χ1) is 17.8. The van der Waals surface area contributed by atoms with Crippen LogP contribution in [0.5, 0.6) is 11.5 Å². The molecule has 9 heteroatoms. The molecule has 6 atom stereocenters. The van der Waals surface area contributed by atoms with E-state index in [4.69, 9.17) is 25.8 Å². The Morgan fingerprint density at radius 1 is 0.946 bits per heavy atom. The minimum atomic E-state index is -1.45. The lowest BCUT2D eigenvalue weighted by Gasteiger charge is -2.40. The molecule has 5 rings (SSSR count). The number of halogens is 2. The third kappa shape index (κ3) is 5.60. The van der Waals surface area contributed by atoms with Gasteiger partial charge >= 0.3 is 0 Å². The molecule has 2 heterocycles. The minimum Gasteiger partial charge on any atom is -0.490 e. The van der Waals surface area contributed by atoms with Crippen molar-refractivity contribution in [1.82, 2.24) is 0 Å². The third-order valence-corrected chi connectivity index (χ3v) is 7.18. The fourth-order valence-corrected chi connectivity index (χ4v) is 4.95. The van der Waals surface area contributed by atoms with Crippen LogP contribution >= 0.6 is 11.6 Å². The van der Waals surface area contributed by atoms with Crippen LogP contribution in [0.4, 0.5) is 4.39 Å². The van der Waals surface area contributed by atoms with Crippen molar-refractivity contribution in [2.24, 2.45) is 0 Å². The SMILES string of the molecule is OC[C@H]1O[C@@H](c2ccc(Cl)c(Cc3ccc(OCC4Cc5ccc(F)cc5O4)cc3)c2)[C@H](O)[C@@H](O)[C@@H]1O. The van der Waals surface area contributed by atoms with Crippen molar-refractivity contribution in [2.75, 3.05) is 13.2 Å². The average molecular weight is 531 g/mol. The summed E-state index contributed by atoms with van der Waals surface area (Å²) >= 11 is 6.44. The van der Waals surface area contributed by atoms with E-state index in [9.17, 15) is 24.8 Å². The molecule has 0 bridgehead atoms. The molecule has 1 unspecified atom stereocenters. The summed E-state index contributed by atoms with van der Waals surface area (Å²) < 4.78 is 30.7. The zero-order chi connectivity index (χ0) is 26.1. The van der Waals surface area contributed by atoms with Gasteiger partial charge in [0.15, 0.2) is 0 Å². The monoisotopic (exact) mass is 530 g/mol. The van der Waals surface area contributed by atoms with Crippen molar-refractivity contribution < 1.29 is 39.0 Å². The molecule has 0 aromatic heterocycles. The van der Waals surface area contributed by atoms with E-state index in [1.807, 2.05) is 24.3 Å². The van der Waals surface area contributed by atoms with Gasteiger partial charge in [-0.15, -0.1) is 0 Å². The number of fused-ring (bicyclic) bond motifs is 1. The zero-order valence-corrected chi connectivity index (χ0v) is 20.6. The maximum atomic E-state index is 13.4. The van der Waals surface area contributed by atoms with Crippen LogP contribution in [0, 0.1) is 5.82 Å². The van der Waals surface area contributed by atoms with Gasteiger partial charge in [-0.3, -0.25) is 0 Å². The van der Waals surface area contributed by atoms with Crippen LogP contribution in [0.3, 0.4) is 0 Å². The normalized spacial score (nSPS) is 27.0. The Hall–Kier alpha value is -2.72. The molecule has 0 aliphatic carbocycles. The van der Waals surface area contributed by atoms with E-state index >= 15 is 0 Å². The zero-order valence-electron chi connectivity index (χ0n) is 19.8. The molecule has 37 heavy (non-hydrogen) atoms. The Kier molecular flexibility index (Phi) is 7.67. The predicted octanol–water partition coefficient (Wildman–Crippen LogP) is 2.97. The highest BCUT2D eigenvalue weighted by Gasteiger charge is 2.44. The van der Waals surface area contributed by atoms with E-state index in [-0.39, 0.29) is 11.9 Å². The molecular weight excluding hydrogens is 503 g/mol. The lowest BCUT2D eigenvalue weighted by molar-refractivity contribution is -0.231. The molecular formula is C28H28ClFO7. The Labute approximate surface area is 218 Å². The molecule has 196 valence electrons.